The number of rotatable bonds is 8. The van der Waals surface area contributed by atoms with Gasteiger partial charge in [0.25, 0.3) is 5.91 Å². The van der Waals surface area contributed by atoms with Gasteiger partial charge in [-0.05, 0) is 12.1 Å². The topological polar surface area (TPSA) is 97.6 Å². The molecule has 0 unspecified atom stereocenters. The molecule has 0 aromatic carbocycles. The molecule has 2 N–H and O–H groups in total. The van der Waals surface area contributed by atoms with E-state index in [1.54, 1.807) is 7.11 Å². The van der Waals surface area contributed by atoms with Crippen LogP contribution in [0.3, 0.4) is 0 Å². The van der Waals surface area contributed by atoms with Gasteiger partial charge in [-0.15, -0.1) is 12.4 Å². The third kappa shape index (κ3) is 6.38. The summed E-state index contributed by atoms with van der Waals surface area (Å²) in [6.45, 7) is 2.31. The minimum atomic E-state index is -3.42. The maximum atomic E-state index is 11.6. The zero-order valence-corrected chi connectivity index (χ0v) is 13.0. The molecular weight excluding hydrogens is 308 g/mol. The zero-order chi connectivity index (χ0) is 14.3. The Morgan fingerprint density at radius 2 is 2.00 bits per heavy atom. The molecule has 0 bridgehead atoms. The minimum absolute atomic E-state index is 0. The van der Waals surface area contributed by atoms with Crippen molar-refractivity contribution in [1.82, 2.24) is 10.6 Å². The first-order valence-electron chi connectivity index (χ1n) is 5.73. The summed E-state index contributed by atoms with van der Waals surface area (Å²) in [5.41, 5.74) is 0. The highest BCUT2D eigenvalue weighted by Crippen LogP contribution is 2.13. The zero-order valence-electron chi connectivity index (χ0n) is 11.3. The van der Waals surface area contributed by atoms with Crippen LogP contribution in [0.1, 0.15) is 10.6 Å². The van der Waals surface area contributed by atoms with Crippen LogP contribution in [-0.2, 0) is 14.6 Å². The molecule has 0 aliphatic rings. The fourth-order valence-corrected chi connectivity index (χ4v) is 1.85. The quantitative estimate of drug-likeness (QED) is 0.656. The molecule has 0 saturated carbocycles. The molecule has 1 aromatic heterocycles. The van der Waals surface area contributed by atoms with Crippen molar-refractivity contribution in [3.8, 4) is 0 Å². The number of hydrogen-bond donors (Lipinski definition) is 2. The van der Waals surface area contributed by atoms with Gasteiger partial charge in [-0.2, -0.15) is 0 Å². The standard InChI is InChI=1S/C11H18N2O5S.ClH/c1-17-8-7-12-5-6-13-11(14)9-3-4-10(18-9)19(2,15)16;/h3-4,12H,5-8H2,1-2H3,(H,13,14);1H. The Morgan fingerprint density at radius 3 is 2.55 bits per heavy atom. The lowest BCUT2D eigenvalue weighted by Gasteiger charge is -2.04. The van der Waals surface area contributed by atoms with Gasteiger partial charge in [-0.1, -0.05) is 0 Å². The van der Waals surface area contributed by atoms with Crippen molar-refractivity contribution >= 4 is 28.2 Å². The normalized spacial score (nSPS) is 10.9. The van der Waals surface area contributed by atoms with Gasteiger partial charge < -0.3 is 19.8 Å². The van der Waals surface area contributed by atoms with Crippen LogP contribution in [0.25, 0.3) is 0 Å². The van der Waals surface area contributed by atoms with Gasteiger partial charge in [0.1, 0.15) is 0 Å². The molecule has 1 heterocycles. The second-order valence-corrected chi connectivity index (χ2v) is 5.84. The number of ether oxygens (including phenoxy) is 1. The summed E-state index contributed by atoms with van der Waals surface area (Å²) in [7, 11) is -1.81. The maximum Gasteiger partial charge on any atom is 0.287 e. The lowest BCUT2D eigenvalue weighted by Crippen LogP contribution is -2.32. The predicted octanol–water partition coefficient (Wildman–Crippen LogP) is 0.0707. The fraction of sp³-hybridized carbons (Fsp3) is 0.545. The van der Waals surface area contributed by atoms with E-state index >= 15 is 0 Å². The molecule has 1 rings (SSSR count). The minimum Gasteiger partial charge on any atom is -0.440 e. The molecule has 0 fully saturated rings. The van der Waals surface area contributed by atoms with E-state index < -0.39 is 15.7 Å². The molecule has 1 aromatic rings. The molecule has 0 saturated heterocycles. The molecule has 0 aliphatic carbocycles. The van der Waals surface area contributed by atoms with Gasteiger partial charge in [-0.3, -0.25) is 4.79 Å². The number of halogens is 1. The van der Waals surface area contributed by atoms with Crippen LogP contribution >= 0.6 is 12.4 Å². The SMILES string of the molecule is COCCNCCNC(=O)c1ccc(S(C)(=O)=O)o1.Cl. The van der Waals surface area contributed by atoms with E-state index in [4.69, 9.17) is 9.15 Å². The van der Waals surface area contributed by atoms with Crippen LogP contribution in [0.15, 0.2) is 21.6 Å². The number of furan rings is 1. The van der Waals surface area contributed by atoms with Crippen molar-refractivity contribution in [3.63, 3.8) is 0 Å². The number of methoxy groups -OCH3 is 1. The lowest BCUT2D eigenvalue weighted by molar-refractivity contribution is 0.0920. The number of carbonyl (C=O) groups is 1. The third-order valence-corrected chi connectivity index (χ3v) is 3.19. The smallest absolute Gasteiger partial charge is 0.287 e. The molecular formula is C11H19ClN2O5S. The number of nitrogens with one attached hydrogen (secondary N) is 2. The first kappa shape index (κ1) is 18.9. The molecule has 20 heavy (non-hydrogen) atoms. The van der Waals surface area contributed by atoms with Crippen LogP contribution < -0.4 is 10.6 Å². The first-order valence-corrected chi connectivity index (χ1v) is 7.62. The van der Waals surface area contributed by atoms with Gasteiger partial charge in [-0.25, -0.2) is 8.42 Å². The predicted molar refractivity (Wildman–Crippen MR) is 76.1 cm³/mol. The van der Waals surface area contributed by atoms with Crippen LogP contribution in [0.5, 0.6) is 0 Å². The Bertz CT molecular complexity index is 515. The summed E-state index contributed by atoms with van der Waals surface area (Å²) in [5, 5.41) is 5.45. The van der Waals surface area contributed by atoms with Crippen molar-refractivity contribution in [3.05, 3.63) is 17.9 Å². The third-order valence-electron chi connectivity index (χ3n) is 2.24. The van der Waals surface area contributed by atoms with Crippen molar-refractivity contribution in [2.75, 3.05) is 39.6 Å². The Morgan fingerprint density at radius 1 is 1.30 bits per heavy atom. The summed E-state index contributed by atoms with van der Waals surface area (Å²) in [4.78, 5) is 11.6. The highest BCUT2D eigenvalue weighted by Gasteiger charge is 2.16. The Kier molecular flexibility index (Phi) is 8.47. The van der Waals surface area contributed by atoms with Crippen molar-refractivity contribution in [2.45, 2.75) is 5.09 Å². The van der Waals surface area contributed by atoms with Crippen molar-refractivity contribution in [1.29, 1.82) is 0 Å². The molecule has 116 valence electrons. The summed E-state index contributed by atoms with van der Waals surface area (Å²) < 4.78 is 32.2. The lowest BCUT2D eigenvalue weighted by atomic mass is 10.4. The second kappa shape index (κ2) is 8.96. The van der Waals surface area contributed by atoms with E-state index in [1.165, 1.54) is 12.1 Å². The summed E-state index contributed by atoms with van der Waals surface area (Å²) in [6.07, 6.45) is 1.02. The van der Waals surface area contributed by atoms with Crippen LogP contribution in [0, 0.1) is 0 Å². The van der Waals surface area contributed by atoms with Crippen LogP contribution in [0.4, 0.5) is 0 Å². The van der Waals surface area contributed by atoms with Gasteiger partial charge in [0.05, 0.1) is 6.61 Å². The van der Waals surface area contributed by atoms with Gasteiger partial charge in [0.2, 0.25) is 14.9 Å². The Labute approximate surface area is 124 Å². The summed E-state index contributed by atoms with van der Waals surface area (Å²) in [6, 6.07) is 2.60. The van der Waals surface area contributed by atoms with Gasteiger partial charge in [0.15, 0.2) is 5.76 Å². The number of sulfone groups is 1. The van der Waals surface area contributed by atoms with Crippen LogP contribution in [0.2, 0.25) is 0 Å². The van der Waals surface area contributed by atoms with E-state index in [1.807, 2.05) is 0 Å². The highest BCUT2D eigenvalue weighted by molar-refractivity contribution is 7.90. The summed E-state index contributed by atoms with van der Waals surface area (Å²) >= 11 is 0. The first-order chi connectivity index (χ1) is 8.95. The average Bonchev–Trinajstić information content (AvgIpc) is 2.82. The summed E-state index contributed by atoms with van der Waals surface area (Å²) in [5.74, 6) is -0.458. The molecule has 9 heteroatoms. The molecule has 7 nitrogen and oxygen atoms in total. The Hall–Kier alpha value is -1.09. The van der Waals surface area contributed by atoms with Crippen molar-refractivity contribution in [2.24, 2.45) is 0 Å². The Balaban J connectivity index is 0.00000361. The molecule has 0 spiro atoms. The molecule has 0 aliphatic heterocycles. The largest absolute Gasteiger partial charge is 0.440 e. The van der Waals surface area contributed by atoms with E-state index in [0.29, 0.717) is 26.2 Å². The maximum absolute atomic E-state index is 11.6. The van der Waals surface area contributed by atoms with Crippen molar-refractivity contribution < 1.29 is 22.4 Å². The number of amides is 1. The molecule has 1 amide bonds. The van der Waals surface area contributed by atoms with Gasteiger partial charge >= 0.3 is 0 Å². The highest BCUT2D eigenvalue weighted by atomic mass is 35.5. The van der Waals surface area contributed by atoms with E-state index in [-0.39, 0.29) is 23.3 Å². The van der Waals surface area contributed by atoms with E-state index in [0.717, 1.165) is 6.26 Å². The molecule has 0 atom stereocenters. The van der Waals surface area contributed by atoms with E-state index in [2.05, 4.69) is 10.6 Å². The fourth-order valence-electron chi connectivity index (χ4n) is 1.29. The average molecular weight is 327 g/mol. The van der Waals surface area contributed by atoms with Crippen LogP contribution in [-0.4, -0.2) is 53.9 Å². The molecule has 0 radical (unpaired) electrons. The number of carbonyl (C=O) groups excluding carboxylic acids is 1. The number of hydrogen-bond acceptors (Lipinski definition) is 6. The van der Waals surface area contributed by atoms with E-state index in [9.17, 15) is 13.2 Å². The van der Waals surface area contributed by atoms with Gasteiger partial charge in [0, 0.05) is 33.0 Å². The monoisotopic (exact) mass is 326 g/mol. The second-order valence-electron chi connectivity index (χ2n) is 3.89.